The number of nitrogens with zero attached hydrogens (tertiary/aromatic N) is 4. The van der Waals surface area contributed by atoms with Crippen LogP contribution in [0, 0.1) is 12.7 Å². The SMILES string of the molecule is COc1cccc(C[C@@H](COc2ccc3c(cnn3-c3ccc(F)cc3)c2)NC(=O)c2cc(C)n(C)n2)c1. The molecule has 5 rings (SSSR count). The van der Waals surface area contributed by atoms with Gasteiger partial charge in [0.25, 0.3) is 5.91 Å². The average Bonchev–Trinajstić information content (AvgIpc) is 3.50. The first-order chi connectivity index (χ1) is 18.4. The molecule has 0 spiro atoms. The zero-order chi connectivity index (χ0) is 26.6. The highest BCUT2D eigenvalue weighted by Crippen LogP contribution is 2.24. The van der Waals surface area contributed by atoms with Crippen LogP contribution in [0.4, 0.5) is 4.39 Å². The molecule has 0 radical (unpaired) electrons. The first kappa shape index (κ1) is 25.0. The second-order valence-electron chi connectivity index (χ2n) is 9.09. The van der Waals surface area contributed by atoms with Crippen LogP contribution in [0.5, 0.6) is 11.5 Å². The van der Waals surface area contributed by atoms with Gasteiger partial charge in [0.15, 0.2) is 0 Å². The van der Waals surface area contributed by atoms with Crippen molar-refractivity contribution in [2.24, 2.45) is 7.05 Å². The number of carbonyl (C=O) groups is 1. The summed E-state index contributed by atoms with van der Waals surface area (Å²) in [5.41, 5.74) is 3.89. The van der Waals surface area contributed by atoms with Gasteiger partial charge >= 0.3 is 0 Å². The number of amides is 1. The zero-order valence-corrected chi connectivity index (χ0v) is 21.4. The molecule has 2 aromatic heterocycles. The van der Waals surface area contributed by atoms with Gasteiger partial charge in [-0.25, -0.2) is 9.07 Å². The molecule has 0 aliphatic heterocycles. The van der Waals surface area contributed by atoms with Crippen molar-refractivity contribution in [1.82, 2.24) is 24.9 Å². The summed E-state index contributed by atoms with van der Waals surface area (Å²) >= 11 is 0. The van der Waals surface area contributed by atoms with Crippen LogP contribution in [-0.2, 0) is 13.5 Å². The molecule has 38 heavy (non-hydrogen) atoms. The monoisotopic (exact) mass is 513 g/mol. The lowest BCUT2D eigenvalue weighted by atomic mass is 10.1. The van der Waals surface area contributed by atoms with E-state index in [1.165, 1.54) is 12.1 Å². The summed E-state index contributed by atoms with van der Waals surface area (Å²) < 4.78 is 28.2. The van der Waals surface area contributed by atoms with Crippen LogP contribution in [0.2, 0.25) is 0 Å². The molecular weight excluding hydrogens is 485 g/mol. The molecule has 0 saturated heterocycles. The lowest BCUT2D eigenvalue weighted by Gasteiger charge is -2.19. The number of ether oxygens (including phenoxy) is 2. The van der Waals surface area contributed by atoms with Gasteiger partial charge < -0.3 is 14.8 Å². The molecule has 8 nitrogen and oxygen atoms in total. The quantitative estimate of drug-likeness (QED) is 0.311. The molecule has 0 unspecified atom stereocenters. The smallest absolute Gasteiger partial charge is 0.272 e. The third-order valence-electron chi connectivity index (χ3n) is 6.36. The standard InChI is InChI=1S/C29H28FN5O3/c1-19-13-27(33-34(19)2)29(36)32-23(14-20-5-4-6-25(15-20)37-3)18-38-26-11-12-28-21(16-26)17-31-35(28)24-9-7-22(30)8-10-24/h4-13,15-17,23H,14,18H2,1-3H3,(H,32,36)/t23-/m0/s1. The van der Waals surface area contributed by atoms with E-state index >= 15 is 0 Å². The molecule has 194 valence electrons. The summed E-state index contributed by atoms with van der Waals surface area (Å²) in [5.74, 6) is 0.836. The summed E-state index contributed by atoms with van der Waals surface area (Å²) in [5, 5.41) is 12.7. The van der Waals surface area contributed by atoms with Gasteiger partial charge in [-0.2, -0.15) is 10.2 Å². The Bertz CT molecular complexity index is 1560. The maximum absolute atomic E-state index is 13.3. The van der Waals surface area contributed by atoms with E-state index in [0.29, 0.717) is 17.9 Å². The number of halogens is 1. The molecule has 1 N–H and O–H groups in total. The predicted octanol–water partition coefficient (Wildman–Crippen LogP) is 4.64. The highest BCUT2D eigenvalue weighted by molar-refractivity contribution is 5.92. The zero-order valence-electron chi connectivity index (χ0n) is 21.4. The van der Waals surface area contributed by atoms with Gasteiger partial charge in [0.2, 0.25) is 0 Å². The van der Waals surface area contributed by atoms with Crippen molar-refractivity contribution in [3.8, 4) is 17.2 Å². The first-order valence-electron chi connectivity index (χ1n) is 12.2. The van der Waals surface area contributed by atoms with E-state index in [1.54, 1.807) is 47.9 Å². The highest BCUT2D eigenvalue weighted by atomic mass is 19.1. The van der Waals surface area contributed by atoms with Crippen molar-refractivity contribution >= 4 is 16.8 Å². The van der Waals surface area contributed by atoms with Crippen molar-refractivity contribution in [1.29, 1.82) is 0 Å². The molecule has 3 aromatic carbocycles. The van der Waals surface area contributed by atoms with E-state index in [4.69, 9.17) is 9.47 Å². The number of aryl methyl sites for hydroxylation is 2. The highest BCUT2D eigenvalue weighted by Gasteiger charge is 2.19. The van der Waals surface area contributed by atoms with Crippen LogP contribution in [0.3, 0.4) is 0 Å². The maximum Gasteiger partial charge on any atom is 0.272 e. The number of nitrogens with one attached hydrogen (secondary N) is 1. The van der Waals surface area contributed by atoms with Crippen LogP contribution in [0.25, 0.3) is 16.6 Å². The van der Waals surface area contributed by atoms with Crippen LogP contribution >= 0.6 is 0 Å². The number of aromatic nitrogens is 4. The van der Waals surface area contributed by atoms with Crippen LogP contribution < -0.4 is 14.8 Å². The maximum atomic E-state index is 13.3. The molecule has 0 aliphatic rings. The van der Waals surface area contributed by atoms with Gasteiger partial charge in [-0.1, -0.05) is 12.1 Å². The number of methoxy groups -OCH3 is 1. The second kappa shape index (κ2) is 10.8. The van der Waals surface area contributed by atoms with Crippen molar-refractivity contribution in [3.63, 3.8) is 0 Å². The third-order valence-corrected chi connectivity index (χ3v) is 6.36. The molecule has 2 heterocycles. The van der Waals surface area contributed by atoms with Gasteiger partial charge in [0.1, 0.15) is 29.6 Å². The first-order valence-corrected chi connectivity index (χ1v) is 12.2. The largest absolute Gasteiger partial charge is 0.497 e. The molecule has 0 saturated carbocycles. The lowest BCUT2D eigenvalue weighted by Crippen LogP contribution is -2.41. The van der Waals surface area contributed by atoms with Crippen LogP contribution in [0.15, 0.2) is 79.0 Å². The Morgan fingerprint density at radius 3 is 2.61 bits per heavy atom. The fourth-order valence-corrected chi connectivity index (χ4v) is 4.25. The molecule has 1 atom stereocenters. The minimum absolute atomic E-state index is 0.242. The molecule has 1 amide bonds. The van der Waals surface area contributed by atoms with E-state index in [-0.39, 0.29) is 24.4 Å². The van der Waals surface area contributed by atoms with Crippen LogP contribution in [-0.4, -0.2) is 45.2 Å². The van der Waals surface area contributed by atoms with Crippen molar-refractivity contribution < 1.29 is 18.7 Å². The lowest BCUT2D eigenvalue weighted by molar-refractivity contribution is 0.0915. The number of fused-ring (bicyclic) bond motifs is 1. The Morgan fingerprint density at radius 1 is 1.05 bits per heavy atom. The average molecular weight is 514 g/mol. The van der Waals surface area contributed by atoms with Gasteiger partial charge in [-0.3, -0.25) is 9.48 Å². The fourth-order valence-electron chi connectivity index (χ4n) is 4.25. The topological polar surface area (TPSA) is 83.2 Å². The minimum atomic E-state index is -0.324. The molecule has 9 heteroatoms. The normalized spacial score (nSPS) is 11.9. The van der Waals surface area contributed by atoms with Gasteiger partial charge in [-0.15, -0.1) is 0 Å². The summed E-state index contributed by atoms with van der Waals surface area (Å²) in [7, 11) is 3.43. The van der Waals surface area contributed by atoms with E-state index < -0.39 is 0 Å². The van der Waals surface area contributed by atoms with E-state index in [1.807, 2.05) is 49.4 Å². The molecule has 5 aromatic rings. The Balaban J connectivity index is 1.34. The van der Waals surface area contributed by atoms with Gasteiger partial charge in [-0.05, 0) is 79.6 Å². The van der Waals surface area contributed by atoms with Crippen molar-refractivity contribution in [2.45, 2.75) is 19.4 Å². The minimum Gasteiger partial charge on any atom is -0.497 e. The Labute approximate surface area is 219 Å². The van der Waals surface area contributed by atoms with Gasteiger partial charge in [0.05, 0.1) is 30.6 Å². The Morgan fingerprint density at radius 2 is 1.87 bits per heavy atom. The predicted molar refractivity (Wildman–Crippen MR) is 142 cm³/mol. The number of rotatable bonds is 9. The fraction of sp³-hybridized carbons (Fsp3) is 0.207. The number of carbonyl (C=O) groups excluding carboxylic acids is 1. The molecule has 0 aliphatic carbocycles. The van der Waals surface area contributed by atoms with Crippen molar-refractivity contribution in [2.75, 3.05) is 13.7 Å². The molecular formula is C29H28FN5O3. The second-order valence-corrected chi connectivity index (χ2v) is 9.09. The van der Waals surface area contributed by atoms with Crippen LogP contribution in [0.1, 0.15) is 21.7 Å². The Kier molecular flexibility index (Phi) is 7.08. The van der Waals surface area contributed by atoms with Crippen molar-refractivity contribution in [3.05, 3.63) is 102 Å². The van der Waals surface area contributed by atoms with Gasteiger partial charge in [0, 0.05) is 18.1 Å². The number of hydrogen-bond acceptors (Lipinski definition) is 5. The van der Waals surface area contributed by atoms with E-state index in [9.17, 15) is 9.18 Å². The summed E-state index contributed by atoms with van der Waals surface area (Å²) in [6.45, 7) is 2.14. The molecule has 0 fully saturated rings. The third kappa shape index (κ3) is 5.51. The van der Waals surface area contributed by atoms with E-state index in [0.717, 1.165) is 33.6 Å². The summed E-state index contributed by atoms with van der Waals surface area (Å²) in [6, 6.07) is 21.0. The number of benzene rings is 3. The summed E-state index contributed by atoms with van der Waals surface area (Å²) in [4.78, 5) is 13.0. The number of hydrogen-bond donors (Lipinski definition) is 1. The molecule has 0 bridgehead atoms. The van der Waals surface area contributed by atoms with E-state index in [2.05, 4.69) is 15.5 Å². The Hall–Kier alpha value is -4.66. The summed E-state index contributed by atoms with van der Waals surface area (Å²) in [6.07, 6.45) is 2.28.